The van der Waals surface area contributed by atoms with Crippen LogP contribution in [0.25, 0.3) is 10.9 Å². The third kappa shape index (κ3) is 4.36. The van der Waals surface area contributed by atoms with Gasteiger partial charge in [-0.2, -0.15) is 5.10 Å². The topological polar surface area (TPSA) is 69.2 Å². The van der Waals surface area contributed by atoms with E-state index < -0.39 is 17.5 Å². The molecule has 0 unspecified atom stereocenters. The largest absolute Gasteiger partial charge is 0.507 e. The summed E-state index contributed by atoms with van der Waals surface area (Å²) in [4.78, 5) is 14.2. The average molecular weight is 442 g/mol. The molecule has 0 spiro atoms. The monoisotopic (exact) mass is 441 g/mol. The van der Waals surface area contributed by atoms with Crippen molar-refractivity contribution in [1.82, 2.24) is 15.1 Å². The van der Waals surface area contributed by atoms with Gasteiger partial charge in [-0.15, -0.1) is 0 Å². The lowest BCUT2D eigenvalue weighted by molar-refractivity contribution is 0.0781. The fourth-order valence-electron chi connectivity index (χ4n) is 3.44. The first-order valence-corrected chi connectivity index (χ1v) is 9.83. The second-order valence-electron chi connectivity index (χ2n) is 7.29. The van der Waals surface area contributed by atoms with E-state index in [-0.39, 0.29) is 23.4 Å². The van der Waals surface area contributed by atoms with Crippen molar-refractivity contribution >= 4 is 28.4 Å². The Labute approximate surface area is 181 Å². The molecule has 8 heteroatoms. The lowest BCUT2D eigenvalue weighted by Gasteiger charge is -2.18. The Balaban J connectivity index is 1.63. The number of nitrogens with zero attached hydrogens (tertiary/aromatic N) is 2. The van der Waals surface area contributed by atoms with Gasteiger partial charge in [0.15, 0.2) is 0 Å². The highest BCUT2D eigenvalue weighted by Gasteiger charge is 2.20. The number of hydrogen-bond acceptors (Lipinski definition) is 3. The summed E-state index contributed by atoms with van der Waals surface area (Å²) in [6.07, 6.45) is 0.506. The molecule has 1 heterocycles. The van der Waals surface area contributed by atoms with E-state index in [0.717, 1.165) is 23.4 Å². The Kier molecular flexibility index (Phi) is 5.61. The maximum Gasteiger partial charge on any atom is 0.257 e. The molecule has 0 atom stereocenters. The Hall–Kier alpha value is -3.45. The van der Waals surface area contributed by atoms with Gasteiger partial charge in [0.2, 0.25) is 0 Å². The molecular formula is C23H18ClF2N3O2. The van der Waals surface area contributed by atoms with Gasteiger partial charge in [0, 0.05) is 53.8 Å². The number of aromatic amines is 1. The van der Waals surface area contributed by atoms with Gasteiger partial charge in [0.25, 0.3) is 5.91 Å². The Morgan fingerprint density at radius 2 is 1.97 bits per heavy atom. The van der Waals surface area contributed by atoms with Crippen LogP contribution in [-0.4, -0.2) is 33.2 Å². The number of phenolic OH excluding ortho intramolecular Hbond substituents is 1. The Morgan fingerprint density at radius 3 is 2.71 bits per heavy atom. The van der Waals surface area contributed by atoms with Crippen LogP contribution in [-0.2, 0) is 13.0 Å². The smallest absolute Gasteiger partial charge is 0.257 e. The number of rotatable bonds is 5. The van der Waals surface area contributed by atoms with Crippen molar-refractivity contribution < 1.29 is 18.7 Å². The summed E-state index contributed by atoms with van der Waals surface area (Å²) in [6, 6.07) is 13.6. The minimum atomic E-state index is -0.738. The predicted molar refractivity (Wildman–Crippen MR) is 114 cm³/mol. The number of carbonyl (C=O) groups excluding carboxylic acids is 1. The molecule has 5 nitrogen and oxygen atoms in total. The minimum Gasteiger partial charge on any atom is -0.507 e. The van der Waals surface area contributed by atoms with Gasteiger partial charge in [0.1, 0.15) is 17.4 Å². The number of aromatic nitrogens is 2. The highest BCUT2D eigenvalue weighted by molar-refractivity contribution is 6.30. The molecule has 0 aliphatic carbocycles. The number of H-pyrrole nitrogens is 1. The van der Waals surface area contributed by atoms with Crippen molar-refractivity contribution in [2.75, 3.05) is 7.05 Å². The number of phenols is 1. The highest BCUT2D eigenvalue weighted by Crippen LogP contribution is 2.28. The molecule has 1 amide bonds. The molecule has 3 aromatic carbocycles. The number of halogens is 3. The summed E-state index contributed by atoms with van der Waals surface area (Å²) in [5.41, 5.74) is 2.47. The van der Waals surface area contributed by atoms with Crippen molar-refractivity contribution in [2.24, 2.45) is 0 Å². The number of hydrogen-bond donors (Lipinski definition) is 2. The maximum absolute atomic E-state index is 14.0. The Bertz CT molecular complexity index is 1290. The highest BCUT2D eigenvalue weighted by atomic mass is 35.5. The maximum atomic E-state index is 14.0. The quantitative estimate of drug-likeness (QED) is 0.454. The SMILES string of the molecule is CN(Cc1ccc(F)cc1F)C(=O)c1cc2c(Cc3cccc(Cl)c3)[nH]nc2cc1O. The van der Waals surface area contributed by atoms with Crippen molar-refractivity contribution in [2.45, 2.75) is 13.0 Å². The van der Waals surface area contributed by atoms with Crippen molar-refractivity contribution in [3.05, 3.63) is 93.6 Å². The number of aromatic hydroxyl groups is 1. The van der Waals surface area contributed by atoms with Gasteiger partial charge in [-0.25, -0.2) is 8.78 Å². The van der Waals surface area contributed by atoms with Crippen LogP contribution >= 0.6 is 11.6 Å². The van der Waals surface area contributed by atoms with E-state index in [0.29, 0.717) is 22.3 Å². The van der Waals surface area contributed by atoms with Gasteiger partial charge in [-0.1, -0.05) is 29.8 Å². The zero-order valence-corrected chi connectivity index (χ0v) is 17.3. The normalized spacial score (nSPS) is 11.1. The fraction of sp³-hybridized carbons (Fsp3) is 0.130. The van der Waals surface area contributed by atoms with Crippen LogP contribution in [0.5, 0.6) is 5.75 Å². The molecular weight excluding hydrogens is 424 g/mol. The molecule has 1 aromatic heterocycles. The van der Waals surface area contributed by atoms with Gasteiger partial charge in [-0.3, -0.25) is 9.89 Å². The molecule has 4 aromatic rings. The van der Waals surface area contributed by atoms with Crippen molar-refractivity contribution in [3.8, 4) is 5.75 Å². The molecule has 31 heavy (non-hydrogen) atoms. The molecule has 0 radical (unpaired) electrons. The first-order valence-electron chi connectivity index (χ1n) is 9.45. The van der Waals surface area contributed by atoms with E-state index in [4.69, 9.17) is 11.6 Å². The van der Waals surface area contributed by atoms with Gasteiger partial charge >= 0.3 is 0 Å². The van der Waals surface area contributed by atoms with Crippen molar-refractivity contribution in [1.29, 1.82) is 0 Å². The molecule has 0 saturated carbocycles. The molecule has 2 N–H and O–H groups in total. The summed E-state index contributed by atoms with van der Waals surface area (Å²) < 4.78 is 27.1. The number of benzene rings is 3. The standard InChI is InChI=1S/C23H18ClF2N3O2/c1-29(12-14-5-6-16(25)9-19(14)26)23(31)18-10-17-20(27-28-21(17)11-22(18)30)8-13-3-2-4-15(24)7-13/h2-7,9-11,30H,8,12H2,1H3,(H,27,28). The van der Waals surface area contributed by atoms with E-state index in [1.165, 1.54) is 24.1 Å². The van der Waals surface area contributed by atoms with E-state index >= 15 is 0 Å². The molecule has 0 aliphatic rings. The first kappa shape index (κ1) is 20.8. The summed E-state index contributed by atoms with van der Waals surface area (Å²) in [5.74, 6) is -2.16. The predicted octanol–water partition coefficient (Wildman–Crippen LogP) is 5.06. The molecule has 4 rings (SSSR count). The first-order chi connectivity index (χ1) is 14.8. The number of nitrogens with one attached hydrogen (secondary N) is 1. The minimum absolute atomic E-state index is 0.0614. The molecule has 158 valence electrons. The van der Waals surface area contributed by atoms with Crippen LogP contribution in [0.3, 0.4) is 0 Å². The van der Waals surface area contributed by atoms with Crippen LogP contribution < -0.4 is 0 Å². The lowest BCUT2D eigenvalue weighted by Crippen LogP contribution is -2.26. The number of carbonyl (C=O) groups is 1. The molecule has 0 saturated heterocycles. The average Bonchev–Trinajstić information content (AvgIpc) is 3.10. The fourth-order valence-corrected chi connectivity index (χ4v) is 3.65. The lowest BCUT2D eigenvalue weighted by atomic mass is 10.0. The third-order valence-corrected chi connectivity index (χ3v) is 5.26. The van der Waals surface area contributed by atoms with E-state index in [1.807, 2.05) is 18.2 Å². The van der Waals surface area contributed by atoms with Gasteiger partial charge in [-0.05, 0) is 29.8 Å². The van der Waals surface area contributed by atoms with Gasteiger partial charge in [0.05, 0.1) is 11.1 Å². The van der Waals surface area contributed by atoms with E-state index in [2.05, 4.69) is 10.2 Å². The zero-order chi connectivity index (χ0) is 22.1. The summed E-state index contributed by atoms with van der Waals surface area (Å²) in [6.45, 7) is -0.0802. The third-order valence-electron chi connectivity index (χ3n) is 5.02. The zero-order valence-electron chi connectivity index (χ0n) is 16.5. The van der Waals surface area contributed by atoms with Gasteiger partial charge < -0.3 is 10.0 Å². The van der Waals surface area contributed by atoms with Crippen LogP contribution in [0.15, 0.2) is 54.6 Å². The number of amides is 1. The summed E-state index contributed by atoms with van der Waals surface area (Å²) >= 11 is 6.06. The Morgan fingerprint density at radius 1 is 1.16 bits per heavy atom. The summed E-state index contributed by atoms with van der Waals surface area (Å²) in [5, 5.41) is 18.8. The van der Waals surface area contributed by atoms with E-state index in [9.17, 15) is 18.7 Å². The van der Waals surface area contributed by atoms with Crippen LogP contribution in [0, 0.1) is 11.6 Å². The summed E-state index contributed by atoms with van der Waals surface area (Å²) in [7, 11) is 1.48. The number of fused-ring (bicyclic) bond motifs is 1. The van der Waals surface area contributed by atoms with Crippen LogP contribution in [0.2, 0.25) is 5.02 Å². The molecule has 0 fully saturated rings. The second-order valence-corrected chi connectivity index (χ2v) is 7.73. The van der Waals surface area contributed by atoms with Crippen molar-refractivity contribution in [3.63, 3.8) is 0 Å². The molecule has 0 bridgehead atoms. The van der Waals surface area contributed by atoms with Crippen LogP contribution in [0.1, 0.15) is 27.2 Å². The van der Waals surface area contributed by atoms with Crippen LogP contribution in [0.4, 0.5) is 8.78 Å². The molecule has 0 aliphatic heterocycles. The van der Waals surface area contributed by atoms with E-state index in [1.54, 1.807) is 12.1 Å². The second kappa shape index (κ2) is 8.35.